The number of rotatable bonds is 7. The lowest BCUT2D eigenvalue weighted by atomic mass is 9.92. The molecule has 0 aliphatic heterocycles. The van der Waals surface area contributed by atoms with Crippen molar-refractivity contribution < 1.29 is 9.90 Å². The van der Waals surface area contributed by atoms with Crippen LogP contribution in [0.25, 0.3) is 0 Å². The molecule has 2 heteroatoms. The maximum absolute atomic E-state index is 11.4. The number of hydrogen-bond acceptors (Lipinski definition) is 1. The topological polar surface area (TPSA) is 37.3 Å². The van der Waals surface area contributed by atoms with Gasteiger partial charge < -0.3 is 5.11 Å². The number of carboxylic acids is 1. The van der Waals surface area contributed by atoms with E-state index in [1.807, 2.05) is 43.3 Å². The van der Waals surface area contributed by atoms with Crippen LogP contribution in [0, 0.1) is 12.8 Å². The van der Waals surface area contributed by atoms with Gasteiger partial charge in [0.25, 0.3) is 0 Å². The molecule has 0 aromatic heterocycles. The van der Waals surface area contributed by atoms with Crippen molar-refractivity contribution in [2.45, 2.75) is 32.6 Å². The molecule has 0 radical (unpaired) electrons. The molecule has 2 rings (SSSR count). The van der Waals surface area contributed by atoms with Crippen LogP contribution in [-0.2, 0) is 17.6 Å². The van der Waals surface area contributed by atoms with Gasteiger partial charge in [-0.1, -0.05) is 60.2 Å². The number of aliphatic carboxylic acids is 1. The van der Waals surface area contributed by atoms with E-state index in [9.17, 15) is 9.90 Å². The summed E-state index contributed by atoms with van der Waals surface area (Å²) in [6.07, 6.45) is 3.19. The van der Waals surface area contributed by atoms with Gasteiger partial charge in [0.05, 0.1) is 5.92 Å². The molecule has 1 atom stereocenters. The van der Waals surface area contributed by atoms with Crippen LogP contribution in [-0.4, -0.2) is 11.1 Å². The summed E-state index contributed by atoms with van der Waals surface area (Å²) in [5.41, 5.74) is 3.57. The molecule has 1 unspecified atom stereocenters. The summed E-state index contributed by atoms with van der Waals surface area (Å²) in [5.74, 6) is -0.986. The zero-order valence-corrected chi connectivity index (χ0v) is 12.5. The van der Waals surface area contributed by atoms with Crippen LogP contribution in [0.3, 0.4) is 0 Å². The molecule has 1 N–H and O–H groups in total. The highest BCUT2D eigenvalue weighted by molar-refractivity contribution is 5.70. The van der Waals surface area contributed by atoms with Crippen molar-refractivity contribution in [2.75, 3.05) is 0 Å². The highest BCUT2D eigenvalue weighted by Gasteiger charge is 2.17. The first-order valence-electron chi connectivity index (χ1n) is 7.47. The first-order chi connectivity index (χ1) is 10.1. The fraction of sp³-hybridized carbons (Fsp3) is 0.316. The summed E-state index contributed by atoms with van der Waals surface area (Å²) in [5, 5.41) is 9.40. The minimum Gasteiger partial charge on any atom is -0.481 e. The smallest absolute Gasteiger partial charge is 0.306 e. The Morgan fingerprint density at radius 1 is 1.05 bits per heavy atom. The van der Waals surface area contributed by atoms with Gasteiger partial charge in [0.1, 0.15) is 0 Å². The van der Waals surface area contributed by atoms with E-state index in [0.29, 0.717) is 6.42 Å². The molecule has 0 heterocycles. The quantitative estimate of drug-likeness (QED) is 0.823. The van der Waals surface area contributed by atoms with E-state index in [-0.39, 0.29) is 5.92 Å². The fourth-order valence-corrected chi connectivity index (χ4v) is 2.63. The van der Waals surface area contributed by atoms with Crippen molar-refractivity contribution in [2.24, 2.45) is 5.92 Å². The number of hydrogen-bond donors (Lipinski definition) is 1. The van der Waals surface area contributed by atoms with Crippen molar-refractivity contribution in [3.8, 4) is 0 Å². The van der Waals surface area contributed by atoms with Crippen molar-refractivity contribution >= 4 is 5.97 Å². The van der Waals surface area contributed by atoms with Crippen molar-refractivity contribution in [1.82, 2.24) is 0 Å². The molecule has 0 fully saturated rings. The largest absolute Gasteiger partial charge is 0.481 e. The van der Waals surface area contributed by atoms with Crippen molar-refractivity contribution in [3.63, 3.8) is 0 Å². The number of carboxylic acid groups (broad SMARTS) is 1. The lowest BCUT2D eigenvalue weighted by molar-refractivity contribution is -0.141. The molecule has 0 saturated heterocycles. The lowest BCUT2D eigenvalue weighted by Crippen LogP contribution is -2.16. The highest BCUT2D eigenvalue weighted by Crippen LogP contribution is 2.17. The molecule has 0 saturated carbocycles. The normalized spacial score (nSPS) is 12.0. The standard InChI is InChI=1S/C19H22O2/c1-15-7-5-11-17(13-15)14-18(19(20)21)12-6-10-16-8-3-2-4-9-16/h2-5,7-9,11,13,18H,6,10,12,14H2,1H3,(H,20,21). The van der Waals surface area contributed by atoms with E-state index < -0.39 is 5.97 Å². The summed E-state index contributed by atoms with van der Waals surface area (Å²) >= 11 is 0. The second-order valence-corrected chi connectivity index (χ2v) is 5.61. The molecular formula is C19H22O2. The molecule has 2 aromatic rings. The van der Waals surface area contributed by atoms with Gasteiger partial charge in [0.2, 0.25) is 0 Å². The molecule has 0 spiro atoms. The summed E-state index contributed by atoms with van der Waals surface area (Å²) in [6, 6.07) is 18.4. The Labute approximate surface area is 126 Å². The van der Waals surface area contributed by atoms with Gasteiger partial charge in [-0.2, -0.15) is 0 Å². The van der Waals surface area contributed by atoms with E-state index in [4.69, 9.17) is 0 Å². The van der Waals surface area contributed by atoms with Crippen LogP contribution in [0.2, 0.25) is 0 Å². The van der Waals surface area contributed by atoms with Gasteiger partial charge in [-0.15, -0.1) is 0 Å². The molecule has 21 heavy (non-hydrogen) atoms. The fourth-order valence-electron chi connectivity index (χ4n) is 2.63. The third kappa shape index (κ3) is 5.07. The van der Waals surface area contributed by atoms with Gasteiger partial charge in [-0.3, -0.25) is 4.79 Å². The minimum atomic E-state index is -0.690. The number of carbonyl (C=O) groups is 1. The summed E-state index contributed by atoms with van der Waals surface area (Å²) in [7, 11) is 0. The third-order valence-corrected chi connectivity index (χ3v) is 3.77. The maximum Gasteiger partial charge on any atom is 0.306 e. The van der Waals surface area contributed by atoms with Crippen LogP contribution in [0.4, 0.5) is 0 Å². The van der Waals surface area contributed by atoms with E-state index in [0.717, 1.165) is 24.8 Å². The average Bonchev–Trinajstić information content (AvgIpc) is 2.47. The highest BCUT2D eigenvalue weighted by atomic mass is 16.4. The zero-order chi connectivity index (χ0) is 15.1. The summed E-state index contributed by atoms with van der Waals surface area (Å²) < 4.78 is 0. The third-order valence-electron chi connectivity index (χ3n) is 3.77. The monoisotopic (exact) mass is 282 g/mol. The first-order valence-corrected chi connectivity index (χ1v) is 7.47. The van der Waals surface area contributed by atoms with Gasteiger partial charge in [-0.05, 0) is 43.7 Å². The second-order valence-electron chi connectivity index (χ2n) is 5.61. The molecule has 0 aliphatic rings. The molecule has 2 aromatic carbocycles. The lowest BCUT2D eigenvalue weighted by Gasteiger charge is -2.13. The van der Waals surface area contributed by atoms with Gasteiger partial charge in [-0.25, -0.2) is 0 Å². The average molecular weight is 282 g/mol. The van der Waals surface area contributed by atoms with Gasteiger partial charge in [0, 0.05) is 0 Å². The zero-order valence-electron chi connectivity index (χ0n) is 12.5. The number of benzene rings is 2. The SMILES string of the molecule is Cc1cccc(CC(CCCc2ccccc2)C(=O)O)c1. The molecular weight excluding hydrogens is 260 g/mol. The van der Waals surface area contributed by atoms with Crippen LogP contribution in [0.15, 0.2) is 54.6 Å². The molecule has 2 nitrogen and oxygen atoms in total. The van der Waals surface area contributed by atoms with E-state index in [1.54, 1.807) is 0 Å². The Morgan fingerprint density at radius 3 is 2.43 bits per heavy atom. The predicted octanol–water partition coefficient (Wildman–Crippen LogP) is 4.26. The van der Waals surface area contributed by atoms with Crippen molar-refractivity contribution in [1.29, 1.82) is 0 Å². The van der Waals surface area contributed by atoms with Crippen LogP contribution in [0.5, 0.6) is 0 Å². The van der Waals surface area contributed by atoms with Crippen molar-refractivity contribution in [3.05, 3.63) is 71.3 Å². The van der Waals surface area contributed by atoms with Crippen LogP contribution >= 0.6 is 0 Å². The Bertz CT molecular complexity index is 575. The maximum atomic E-state index is 11.4. The Kier molecular flexibility index (Phi) is 5.56. The van der Waals surface area contributed by atoms with Crippen LogP contribution in [0.1, 0.15) is 29.5 Å². The molecule has 110 valence electrons. The Morgan fingerprint density at radius 2 is 1.76 bits per heavy atom. The van der Waals surface area contributed by atoms with E-state index in [2.05, 4.69) is 18.2 Å². The summed E-state index contributed by atoms with van der Waals surface area (Å²) in [6.45, 7) is 2.04. The van der Waals surface area contributed by atoms with Gasteiger partial charge >= 0.3 is 5.97 Å². The van der Waals surface area contributed by atoms with Gasteiger partial charge in [0.15, 0.2) is 0 Å². The first kappa shape index (κ1) is 15.3. The summed E-state index contributed by atoms with van der Waals surface area (Å²) in [4.78, 5) is 11.4. The molecule has 0 amide bonds. The van der Waals surface area contributed by atoms with Crippen LogP contribution < -0.4 is 0 Å². The Balaban J connectivity index is 1.89. The Hall–Kier alpha value is -2.09. The van der Waals surface area contributed by atoms with E-state index >= 15 is 0 Å². The minimum absolute atomic E-state index is 0.296. The second kappa shape index (κ2) is 7.63. The predicted molar refractivity (Wildman–Crippen MR) is 85.4 cm³/mol. The number of aryl methyl sites for hydroxylation is 2. The van der Waals surface area contributed by atoms with E-state index in [1.165, 1.54) is 11.1 Å². The molecule has 0 bridgehead atoms. The molecule has 0 aliphatic carbocycles.